The molecule has 0 radical (unpaired) electrons. The van der Waals surface area contributed by atoms with Gasteiger partial charge in [0, 0.05) is 29.1 Å². The van der Waals surface area contributed by atoms with E-state index in [9.17, 15) is 4.79 Å². The first-order valence-corrected chi connectivity index (χ1v) is 7.07. The Morgan fingerprint density at radius 1 is 1.29 bits per heavy atom. The molecule has 1 N–H and O–H groups in total. The van der Waals surface area contributed by atoms with Crippen molar-refractivity contribution < 1.29 is 4.79 Å². The molecule has 4 nitrogen and oxygen atoms in total. The molecule has 2 heterocycles. The number of ketones is 1. The SMILES string of the molecule is CC1CN=C(c2ccnc(CC(=O)c3ccccc3)c2)N1. The van der Waals surface area contributed by atoms with Gasteiger partial charge in [-0.1, -0.05) is 30.3 Å². The smallest absolute Gasteiger partial charge is 0.168 e. The van der Waals surface area contributed by atoms with Gasteiger partial charge in [-0.2, -0.15) is 0 Å². The first-order valence-electron chi connectivity index (χ1n) is 7.07. The molecule has 1 unspecified atom stereocenters. The molecule has 0 bridgehead atoms. The van der Waals surface area contributed by atoms with Crippen molar-refractivity contribution in [3.8, 4) is 0 Å². The van der Waals surface area contributed by atoms with Gasteiger partial charge in [-0.15, -0.1) is 0 Å². The lowest BCUT2D eigenvalue weighted by molar-refractivity contribution is 0.0992. The van der Waals surface area contributed by atoms with Crippen LogP contribution in [-0.2, 0) is 6.42 Å². The van der Waals surface area contributed by atoms with Crippen LogP contribution in [0.2, 0.25) is 0 Å². The topological polar surface area (TPSA) is 54.4 Å². The van der Waals surface area contributed by atoms with Crippen LogP contribution < -0.4 is 5.32 Å². The molecule has 0 spiro atoms. The Morgan fingerprint density at radius 3 is 2.81 bits per heavy atom. The van der Waals surface area contributed by atoms with E-state index < -0.39 is 0 Å². The van der Waals surface area contributed by atoms with Gasteiger partial charge >= 0.3 is 0 Å². The highest BCUT2D eigenvalue weighted by Gasteiger charge is 2.15. The molecule has 1 aromatic carbocycles. The number of pyridine rings is 1. The lowest BCUT2D eigenvalue weighted by Crippen LogP contribution is -2.27. The molecule has 21 heavy (non-hydrogen) atoms. The lowest BCUT2D eigenvalue weighted by atomic mass is 10.1. The molecule has 106 valence electrons. The second kappa shape index (κ2) is 5.87. The molecular weight excluding hydrogens is 262 g/mol. The molecule has 0 fully saturated rings. The summed E-state index contributed by atoms with van der Waals surface area (Å²) >= 11 is 0. The van der Waals surface area contributed by atoms with Gasteiger partial charge in [-0.05, 0) is 19.1 Å². The van der Waals surface area contributed by atoms with Gasteiger partial charge in [0.1, 0.15) is 5.84 Å². The van der Waals surface area contributed by atoms with Gasteiger partial charge in [0.15, 0.2) is 5.78 Å². The molecule has 0 saturated carbocycles. The first-order chi connectivity index (χ1) is 10.2. The summed E-state index contributed by atoms with van der Waals surface area (Å²) in [5.74, 6) is 0.966. The van der Waals surface area contributed by atoms with Gasteiger partial charge in [0.05, 0.1) is 13.0 Å². The minimum absolute atomic E-state index is 0.0786. The van der Waals surface area contributed by atoms with Crippen LogP contribution in [0.3, 0.4) is 0 Å². The third-order valence-electron chi connectivity index (χ3n) is 3.43. The standard InChI is InChI=1S/C17H17N3O/c1-12-11-19-17(20-12)14-7-8-18-15(9-14)10-16(21)13-5-3-2-4-6-13/h2-9,12H,10-11H2,1H3,(H,19,20). The molecule has 3 rings (SSSR count). The molecule has 1 atom stereocenters. The van der Waals surface area contributed by atoms with E-state index in [0.717, 1.165) is 29.2 Å². The normalized spacial score (nSPS) is 17.2. The molecule has 0 saturated heterocycles. The number of carbonyl (C=O) groups excluding carboxylic acids is 1. The summed E-state index contributed by atoms with van der Waals surface area (Å²) < 4.78 is 0. The minimum Gasteiger partial charge on any atom is -0.366 e. The molecule has 1 aliphatic rings. The third kappa shape index (κ3) is 3.16. The Morgan fingerprint density at radius 2 is 2.10 bits per heavy atom. The van der Waals surface area contributed by atoms with Gasteiger partial charge in [-0.3, -0.25) is 14.8 Å². The van der Waals surface area contributed by atoms with E-state index in [0.29, 0.717) is 12.5 Å². The van der Waals surface area contributed by atoms with Crippen LogP contribution in [0.1, 0.15) is 28.5 Å². The van der Waals surface area contributed by atoms with Crippen molar-refractivity contribution in [2.24, 2.45) is 4.99 Å². The summed E-state index contributed by atoms with van der Waals surface area (Å²) in [4.78, 5) is 21.0. The highest BCUT2D eigenvalue weighted by Crippen LogP contribution is 2.10. The quantitative estimate of drug-likeness (QED) is 0.873. The highest BCUT2D eigenvalue weighted by molar-refractivity contribution is 6.01. The lowest BCUT2D eigenvalue weighted by Gasteiger charge is -2.07. The summed E-state index contributed by atoms with van der Waals surface area (Å²) in [5, 5.41) is 3.32. The molecule has 2 aromatic rings. The predicted molar refractivity (Wildman–Crippen MR) is 82.7 cm³/mol. The number of hydrogen-bond donors (Lipinski definition) is 1. The van der Waals surface area contributed by atoms with Crippen LogP contribution in [-0.4, -0.2) is 29.2 Å². The average Bonchev–Trinajstić information content (AvgIpc) is 2.95. The van der Waals surface area contributed by atoms with Crippen LogP contribution in [0.15, 0.2) is 53.7 Å². The van der Waals surface area contributed by atoms with Crippen molar-refractivity contribution in [3.63, 3.8) is 0 Å². The van der Waals surface area contributed by atoms with Gasteiger partial charge < -0.3 is 5.32 Å². The Hall–Kier alpha value is -2.49. The van der Waals surface area contributed by atoms with E-state index in [1.807, 2.05) is 42.5 Å². The molecular formula is C17H17N3O. The van der Waals surface area contributed by atoms with Crippen molar-refractivity contribution in [1.29, 1.82) is 0 Å². The van der Waals surface area contributed by atoms with Crippen LogP contribution >= 0.6 is 0 Å². The summed E-state index contributed by atoms with van der Waals surface area (Å²) in [6.45, 7) is 2.88. The molecule has 1 aliphatic heterocycles. The second-order valence-electron chi connectivity index (χ2n) is 5.24. The van der Waals surface area contributed by atoms with Crippen LogP contribution in [0.5, 0.6) is 0 Å². The Kier molecular flexibility index (Phi) is 3.77. The van der Waals surface area contributed by atoms with Crippen molar-refractivity contribution in [3.05, 3.63) is 65.5 Å². The number of benzene rings is 1. The Balaban J connectivity index is 1.76. The van der Waals surface area contributed by atoms with Crippen molar-refractivity contribution in [2.75, 3.05) is 6.54 Å². The largest absolute Gasteiger partial charge is 0.366 e. The monoisotopic (exact) mass is 279 g/mol. The maximum Gasteiger partial charge on any atom is 0.168 e. The van der Waals surface area contributed by atoms with Gasteiger partial charge in [0.2, 0.25) is 0 Å². The first kappa shape index (κ1) is 13.5. The van der Waals surface area contributed by atoms with Crippen molar-refractivity contribution >= 4 is 11.6 Å². The van der Waals surface area contributed by atoms with E-state index in [-0.39, 0.29) is 5.78 Å². The summed E-state index contributed by atoms with van der Waals surface area (Å²) in [6, 6.07) is 13.5. The predicted octanol–water partition coefficient (Wildman–Crippen LogP) is 2.25. The maximum absolute atomic E-state index is 12.2. The molecule has 1 aromatic heterocycles. The summed E-state index contributed by atoms with van der Waals surface area (Å²) in [7, 11) is 0. The number of hydrogen-bond acceptors (Lipinski definition) is 4. The Bertz CT molecular complexity index is 679. The molecule has 0 amide bonds. The van der Waals surface area contributed by atoms with E-state index in [2.05, 4.69) is 22.2 Å². The number of nitrogens with one attached hydrogen (secondary N) is 1. The van der Waals surface area contributed by atoms with Crippen LogP contribution in [0, 0.1) is 0 Å². The zero-order valence-electron chi connectivity index (χ0n) is 11.9. The number of rotatable bonds is 4. The molecule has 0 aliphatic carbocycles. The van der Waals surface area contributed by atoms with Crippen LogP contribution in [0.25, 0.3) is 0 Å². The van der Waals surface area contributed by atoms with E-state index >= 15 is 0 Å². The number of amidine groups is 1. The molecule has 4 heteroatoms. The Labute approximate surface area is 123 Å². The number of carbonyl (C=O) groups is 1. The number of nitrogens with zero attached hydrogens (tertiary/aromatic N) is 2. The fraction of sp³-hybridized carbons (Fsp3) is 0.235. The van der Waals surface area contributed by atoms with Crippen molar-refractivity contribution in [2.45, 2.75) is 19.4 Å². The van der Waals surface area contributed by atoms with Gasteiger partial charge in [0.25, 0.3) is 0 Å². The fourth-order valence-corrected chi connectivity index (χ4v) is 2.34. The second-order valence-corrected chi connectivity index (χ2v) is 5.24. The third-order valence-corrected chi connectivity index (χ3v) is 3.43. The fourth-order valence-electron chi connectivity index (χ4n) is 2.34. The van der Waals surface area contributed by atoms with Crippen LogP contribution in [0.4, 0.5) is 0 Å². The average molecular weight is 279 g/mol. The van der Waals surface area contributed by atoms with Crippen molar-refractivity contribution in [1.82, 2.24) is 10.3 Å². The van der Waals surface area contributed by atoms with Gasteiger partial charge in [-0.25, -0.2) is 0 Å². The number of aromatic nitrogens is 1. The maximum atomic E-state index is 12.2. The number of aliphatic imine (C=N–C) groups is 1. The summed E-state index contributed by atoms with van der Waals surface area (Å²) in [6.07, 6.45) is 2.04. The summed E-state index contributed by atoms with van der Waals surface area (Å²) in [5.41, 5.74) is 2.48. The zero-order valence-corrected chi connectivity index (χ0v) is 11.9. The van der Waals surface area contributed by atoms with E-state index in [4.69, 9.17) is 0 Å². The minimum atomic E-state index is 0.0786. The van der Waals surface area contributed by atoms with E-state index in [1.165, 1.54) is 0 Å². The highest BCUT2D eigenvalue weighted by atomic mass is 16.1. The number of Topliss-reactive ketones (excluding diaryl/α,β-unsaturated/α-hetero) is 1. The van der Waals surface area contributed by atoms with E-state index in [1.54, 1.807) is 6.20 Å². The zero-order chi connectivity index (χ0) is 14.7.